The molecule has 0 aliphatic carbocycles. The first kappa shape index (κ1) is 56.3. The van der Waals surface area contributed by atoms with Gasteiger partial charge in [-0.05, 0) is 89.4 Å². The second-order valence-corrected chi connectivity index (χ2v) is 19.4. The second kappa shape index (κ2) is 27.8. The molecule has 0 saturated carbocycles. The van der Waals surface area contributed by atoms with E-state index in [-0.39, 0.29) is 41.0 Å². The van der Waals surface area contributed by atoms with Gasteiger partial charge < -0.3 is 32.1 Å². The summed E-state index contributed by atoms with van der Waals surface area (Å²) < 4.78 is 63.0. The molecule has 13 nitrogen and oxygen atoms in total. The first-order valence-corrected chi connectivity index (χ1v) is 27.8. The first-order chi connectivity index (χ1) is 32.9. The Balaban J connectivity index is 0.000000265. The number of hydrogen-bond donors (Lipinski definition) is 0. The molecule has 18 heteroatoms. The van der Waals surface area contributed by atoms with Crippen LogP contribution in [0.1, 0.15) is 93.0 Å². The molecule has 6 aromatic rings. The van der Waals surface area contributed by atoms with Gasteiger partial charge in [0.25, 0.3) is 5.53 Å². The molecule has 356 valence electrons. The molecule has 0 atom stereocenters. The Labute approximate surface area is 418 Å². The lowest BCUT2D eigenvalue weighted by molar-refractivity contribution is -0.176. The van der Waals surface area contributed by atoms with Gasteiger partial charge >= 0.3 is 16.2 Å². The smallest absolute Gasteiger partial charge is 0.335 e. The summed E-state index contributed by atoms with van der Waals surface area (Å²) in [5, 5.41) is 46.5. The lowest BCUT2D eigenvalue weighted by Gasteiger charge is -2.27. The van der Waals surface area contributed by atoms with Gasteiger partial charge in [-0.1, -0.05) is 80.4 Å². The van der Waals surface area contributed by atoms with Gasteiger partial charge in [-0.3, -0.25) is 9.13 Å². The fraction of sp³-hybridized carbons (Fsp3) is 0.360. The number of fused-ring (bicyclic) bond motifs is 4. The molecule has 0 saturated heterocycles. The predicted molar refractivity (Wildman–Crippen MR) is 276 cm³/mol. The number of benzene rings is 6. The number of rotatable bonds is 20. The van der Waals surface area contributed by atoms with E-state index in [1.807, 2.05) is 57.2 Å². The van der Waals surface area contributed by atoms with Crippen molar-refractivity contribution in [1.82, 2.24) is 0 Å². The van der Waals surface area contributed by atoms with Gasteiger partial charge in [0.05, 0.1) is 61.5 Å². The van der Waals surface area contributed by atoms with Crippen molar-refractivity contribution in [3.8, 4) is 24.3 Å². The van der Waals surface area contributed by atoms with Crippen molar-refractivity contribution in [2.24, 2.45) is 0 Å². The molecule has 0 aliphatic rings. The maximum Gasteiger partial charge on any atom is 0.335 e. The van der Waals surface area contributed by atoms with Crippen LogP contribution in [-0.4, -0.2) is 46.2 Å². The van der Waals surface area contributed by atoms with E-state index in [1.165, 1.54) is 0 Å². The van der Waals surface area contributed by atoms with Crippen molar-refractivity contribution in [3.05, 3.63) is 117 Å². The number of halogens is 2. The van der Waals surface area contributed by atoms with Gasteiger partial charge in [0.2, 0.25) is 8.46 Å². The van der Waals surface area contributed by atoms with E-state index in [1.54, 1.807) is 64.1 Å². The van der Waals surface area contributed by atoms with E-state index in [9.17, 15) is 30.2 Å². The van der Waals surface area contributed by atoms with Crippen molar-refractivity contribution in [1.29, 1.82) is 21.0 Å². The summed E-state index contributed by atoms with van der Waals surface area (Å²) in [6.07, 6.45) is 0.0438. The molecule has 0 bridgehead atoms. The summed E-state index contributed by atoms with van der Waals surface area (Å²) >= 11 is 6.88. The Hall–Kier alpha value is -4.24. The average molecular weight is 1110 g/mol. The number of ether oxygens (including phenoxy) is 2. The van der Waals surface area contributed by atoms with Gasteiger partial charge in [-0.15, -0.1) is 0 Å². The van der Waals surface area contributed by atoms with Crippen molar-refractivity contribution in [2.75, 3.05) is 46.2 Å². The molecule has 0 aromatic heterocycles. The lowest BCUT2D eigenvalue weighted by atomic mass is 9.90. The van der Waals surface area contributed by atoms with E-state index in [0.717, 1.165) is 43.3 Å². The molecular formula is C50H53Br2N4O9P3. The lowest BCUT2D eigenvalue weighted by Crippen LogP contribution is -2.27. The quantitative estimate of drug-likeness (QED) is 0.0303. The van der Waals surface area contributed by atoms with Crippen LogP contribution in [0.5, 0.6) is 0 Å². The zero-order valence-electron chi connectivity index (χ0n) is 39.1. The molecular weight excluding hydrogens is 1050 g/mol. The molecule has 68 heavy (non-hydrogen) atoms. The molecule has 0 fully saturated rings. The third-order valence-corrected chi connectivity index (χ3v) is 15.6. The molecule has 0 aliphatic heterocycles. The van der Waals surface area contributed by atoms with Gasteiger partial charge in [0.15, 0.2) is 0 Å². The van der Waals surface area contributed by atoms with Crippen LogP contribution in [0, 0.1) is 45.3 Å². The minimum Gasteiger partial charge on any atom is -0.337 e. The van der Waals surface area contributed by atoms with Crippen molar-refractivity contribution < 1.29 is 41.2 Å². The van der Waals surface area contributed by atoms with Crippen LogP contribution in [0.15, 0.2) is 72.8 Å². The third kappa shape index (κ3) is 13.3. The minimum absolute atomic E-state index is 0.0438. The minimum atomic E-state index is -3.36. The summed E-state index contributed by atoms with van der Waals surface area (Å²) in [6, 6.07) is 31.3. The van der Waals surface area contributed by atoms with Crippen LogP contribution in [0.3, 0.4) is 0 Å². The molecule has 0 amide bonds. The topological polar surface area (TPSA) is 194 Å². The van der Waals surface area contributed by atoms with E-state index in [4.69, 9.17) is 32.1 Å². The maximum absolute atomic E-state index is 13.1. The SMILES string of the molecule is CCOC(OCC)(P=O)c1ccc2c(C#N)c3cc(CP(=O)(OCC)OCC)ccc3c(C#N)c2c1.CCOP(OCC)OCC.N#Cc1c2ccc(CBr)cc2c(C#N)c2ccc(CBr)cc12. The average Bonchev–Trinajstić information content (AvgIpc) is 3.34. The molecule has 0 heterocycles. The summed E-state index contributed by atoms with van der Waals surface area (Å²) in [7, 11) is -4.80. The van der Waals surface area contributed by atoms with E-state index >= 15 is 0 Å². The largest absolute Gasteiger partial charge is 0.337 e. The Morgan fingerprint density at radius 3 is 1.19 bits per heavy atom. The van der Waals surface area contributed by atoms with Gasteiger partial charge in [-0.2, -0.15) is 21.0 Å². The van der Waals surface area contributed by atoms with Crippen LogP contribution in [0.4, 0.5) is 0 Å². The molecule has 6 aromatic carbocycles. The van der Waals surface area contributed by atoms with E-state index in [2.05, 4.69) is 56.1 Å². The van der Waals surface area contributed by atoms with Gasteiger partial charge in [0, 0.05) is 72.5 Å². The molecule has 0 N–H and O–H groups in total. The van der Waals surface area contributed by atoms with E-state index < -0.39 is 21.7 Å². The molecule has 0 spiro atoms. The predicted octanol–water partition coefficient (Wildman–Crippen LogP) is 14.8. The molecule has 6 rings (SSSR count). The Kier molecular flexibility index (Phi) is 23.1. The fourth-order valence-electron chi connectivity index (χ4n) is 7.42. The monoisotopic (exact) mass is 1100 g/mol. The van der Waals surface area contributed by atoms with Crippen LogP contribution >= 0.6 is 56.5 Å². The third-order valence-electron chi connectivity index (χ3n) is 10.1. The Bertz CT molecular complexity index is 2840. The highest BCUT2D eigenvalue weighted by molar-refractivity contribution is 9.08. The first-order valence-electron chi connectivity index (χ1n) is 21.9. The maximum atomic E-state index is 13.1. The summed E-state index contributed by atoms with van der Waals surface area (Å²) in [5.41, 5.74) is 3.79. The van der Waals surface area contributed by atoms with Crippen molar-refractivity contribution in [3.63, 3.8) is 0 Å². The Morgan fingerprint density at radius 2 is 0.868 bits per heavy atom. The highest BCUT2D eigenvalue weighted by Crippen LogP contribution is 2.52. The van der Waals surface area contributed by atoms with E-state index in [0.29, 0.717) is 74.7 Å². The fourth-order valence-corrected chi connectivity index (χ4v) is 11.3. The number of nitriles is 4. The second-order valence-electron chi connectivity index (χ2n) is 14.2. The van der Waals surface area contributed by atoms with Gasteiger partial charge in [-0.25, -0.2) is 0 Å². The van der Waals surface area contributed by atoms with Gasteiger partial charge in [0.1, 0.15) is 24.3 Å². The van der Waals surface area contributed by atoms with Crippen LogP contribution in [-0.2, 0) is 63.6 Å². The van der Waals surface area contributed by atoms with Crippen molar-refractivity contribution in [2.45, 2.75) is 70.8 Å². The number of nitrogens with zero attached hydrogens (tertiary/aromatic N) is 4. The van der Waals surface area contributed by atoms with Crippen LogP contribution < -0.4 is 0 Å². The van der Waals surface area contributed by atoms with Crippen LogP contribution in [0.25, 0.3) is 43.1 Å². The summed E-state index contributed by atoms with van der Waals surface area (Å²) in [5.74, 6) is 0. The van der Waals surface area contributed by atoms with Crippen LogP contribution in [0.2, 0.25) is 0 Å². The molecule has 0 unspecified atom stereocenters. The van der Waals surface area contributed by atoms with Crippen molar-refractivity contribution >= 4 is 99.6 Å². The summed E-state index contributed by atoms with van der Waals surface area (Å²) in [6.45, 7) is 15.8. The zero-order chi connectivity index (χ0) is 49.9. The normalized spacial score (nSPS) is 11.4. The Morgan fingerprint density at radius 1 is 0.515 bits per heavy atom. The highest BCUT2D eigenvalue weighted by Gasteiger charge is 2.36. The summed E-state index contributed by atoms with van der Waals surface area (Å²) in [4.78, 5) is 0. The highest BCUT2D eigenvalue weighted by atomic mass is 79.9. The number of alkyl halides is 2. The number of hydrogen-bond acceptors (Lipinski definition) is 13. The standard InChI is InChI=1S/C26H28N2O6P2.C18H10Br2N2.C6H15O3P/c1-5-31-26(35-29,32-6-2)19-10-12-21-23(14-19)25(16-28)20-11-9-18(13-22(20)24(21)15-27)17-36(30,33-7-3)34-8-4;19-7-11-1-3-13-15(5-11)18(10-22)14-4-2-12(8-20)6-16(14)17(13)9-21;1-4-7-10(8-5-2)9-6-3/h9-14H,5-8,17H2,1-4H3;1-6H,7-8H2;4-6H2,1-3H3. The molecule has 0 radical (unpaired) electrons. The zero-order valence-corrected chi connectivity index (χ0v) is 44.9.